The second kappa shape index (κ2) is 11.2. The van der Waals surface area contributed by atoms with Crippen molar-refractivity contribution in [2.45, 2.75) is 20.1 Å². The van der Waals surface area contributed by atoms with Gasteiger partial charge < -0.3 is 21.1 Å². The second-order valence-electron chi connectivity index (χ2n) is 6.22. The van der Waals surface area contributed by atoms with E-state index in [1.165, 1.54) is 4.90 Å². The van der Waals surface area contributed by atoms with Crippen molar-refractivity contribution in [1.29, 1.82) is 0 Å². The minimum absolute atomic E-state index is 0. The van der Waals surface area contributed by atoms with Crippen LogP contribution in [0.1, 0.15) is 18.1 Å². The van der Waals surface area contributed by atoms with Crippen LogP contribution in [0.3, 0.4) is 0 Å². The first-order valence-corrected chi connectivity index (χ1v) is 8.52. The van der Waals surface area contributed by atoms with Crippen LogP contribution in [0.2, 0.25) is 0 Å². The molecule has 146 valence electrons. The number of primary amides is 1. The molecular weight excluding hydrogens is 366 g/mol. The molecule has 1 atom stereocenters. The van der Waals surface area contributed by atoms with Crippen LogP contribution < -0.4 is 16.2 Å². The van der Waals surface area contributed by atoms with Gasteiger partial charge in [0, 0.05) is 19.0 Å². The van der Waals surface area contributed by atoms with Gasteiger partial charge in [-0.25, -0.2) is 0 Å². The van der Waals surface area contributed by atoms with Gasteiger partial charge in [0.05, 0.1) is 6.54 Å². The molecule has 0 aliphatic heterocycles. The Kier molecular flexibility index (Phi) is 9.33. The summed E-state index contributed by atoms with van der Waals surface area (Å²) in [5, 5.41) is 0. The number of hydrogen-bond donors (Lipinski definition) is 2. The van der Waals surface area contributed by atoms with E-state index in [2.05, 4.69) is 0 Å². The Morgan fingerprint density at radius 3 is 2.22 bits per heavy atom. The largest absolute Gasteiger partial charge is 0.489 e. The maximum atomic E-state index is 12.4. The van der Waals surface area contributed by atoms with Gasteiger partial charge in [-0.2, -0.15) is 0 Å². The first kappa shape index (κ1) is 22.5. The summed E-state index contributed by atoms with van der Waals surface area (Å²) in [7, 11) is 0. The van der Waals surface area contributed by atoms with Crippen molar-refractivity contribution in [3.05, 3.63) is 65.7 Å². The zero-order valence-electron chi connectivity index (χ0n) is 15.3. The molecule has 2 aromatic rings. The predicted octanol–water partition coefficient (Wildman–Crippen LogP) is 2.10. The third kappa shape index (κ3) is 7.29. The third-order valence-corrected chi connectivity index (χ3v) is 3.98. The molecule has 0 saturated carbocycles. The molecular formula is C20H26ClN3O3. The quantitative estimate of drug-likeness (QED) is 0.683. The smallest absolute Gasteiger partial charge is 0.237 e. The lowest BCUT2D eigenvalue weighted by Crippen LogP contribution is -2.42. The van der Waals surface area contributed by atoms with Crippen molar-refractivity contribution < 1.29 is 14.3 Å². The van der Waals surface area contributed by atoms with Crippen molar-refractivity contribution in [3.8, 4) is 5.75 Å². The van der Waals surface area contributed by atoms with E-state index >= 15 is 0 Å². The van der Waals surface area contributed by atoms with Crippen molar-refractivity contribution in [2.24, 2.45) is 17.4 Å². The number of nitrogens with two attached hydrogens (primary N) is 2. The Bertz CT molecular complexity index is 723. The lowest BCUT2D eigenvalue weighted by Gasteiger charge is -2.24. The van der Waals surface area contributed by atoms with E-state index < -0.39 is 5.91 Å². The first-order valence-electron chi connectivity index (χ1n) is 8.52. The van der Waals surface area contributed by atoms with Crippen LogP contribution in [0.25, 0.3) is 0 Å². The fraction of sp³-hybridized carbons (Fsp3) is 0.300. The third-order valence-electron chi connectivity index (χ3n) is 3.98. The molecule has 0 saturated heterocycles. The van der Waals surface area contributed by atoms with Crippen LogP contribution >= 0.6 is 12.4 Å². The highest BCUT2D eigenvalue weighted by Gasteiger charge is 2.21. The van der Waals surface area contributed by atoms with Crippen molar-refractivity contribution in [3.63, 3.8) is 0 Å². The van der Waals surface area contributed by atoms with Gasteiger partial charge in [0.1, 0.15) is 12.4 Å². The van der Waals surface area contributed by atoms with E-state index in [1.807, 2.05) is 54.6 Å². The van der Waals surface area contributed by atoms with Crippen LogP contribution in [0.4, 0.5) is 0 Å². The van der Waals surface area contributed by atoms with Gasteiger partial charge in [0.15, 0.2) is 0 Å². The molecule has 0 spiro atoms. The summed E-state index contributed by atoms with van der Waals surface area (Å²) in [5.74, 6) is -0.357. The van der Waals surface area contributed by atoms with Gasteiger partial charge >= 0.3 is 0 Å². The Morgan fingerprint density at radius 2 is 1.67 bits per heavy atom. The second-order valence-corrected chi connectivity index (χ2v) is 6.22. The number of nitrogens with zero attached hydrogens (tertiary/aromatic N) is 1. The van der Waals surface area contributed by atoms with Gasteiger partial charge in [0.25, 0.3) is 0 Å². The molecule has 2 rings (SSSR count). The van der Waals surface area contributed by atoms with Crippen LogP contribution in [0, 0.1) is 5.92 Å². The first-order chi connectivity index (χ1) is 12.5. The molecule has 0 aliphatic carbocycles. The Morgan fingerprint density at radius 1 is 1.04 bits per heavy atom. The van der Waals surface area contributed by atoms with Crippen molar-refractivity contribution in [1.82, 2.24) is 4.90 Å². The SMILES string of the molecule is CC(CN)C(=O)N(CC(N)=O)Cc1ccc(OCc2ccccc2)cc1.Cl. The summed E-state index contributed by atoms with van der Waals surface area (Å²) < 4.78 is 5.75. The van der Waals surface area contributed by atoms with E-state index in [4.69, 9.17) is 16.2 Å². The van der Waals surface area contributed by atoms with Gasteiger partial charge in [-0.1, -0.05) is 49.4 Å². The number of halogens is 1. The molecule has 0 aliphatic rings. The standard InChI is InChI=1S/C20H25N3O3.ClH/c1-15(11-21)20(25)23(13-19(22)24)12-16-7-9-18(10-8-16)26-14-17-5-3-2-4-6-17;/h2-10,15H,11-14,21H2,1H3,(H2,22,24);1H. The van der Waals surface area contributed by atoms with E-state index in [0.29, 0.717) is 13.2 Å². The summed E-state index contributed by atoms with van der Waals surface area (Å²) in [6.45, 7) is 2.61. The topological polar surface area (TPSA) is 98.7 Å². The Hall–Kier alpha value is -2.57. The highest BCUT2D eigenvalue weighted by molar-refractivity contribution is 5.85. The van der Waals surface area contributed by atoms with Crippen LogP contribution in [0.15, 0.2) is 54.6 Å². The summed E-state index contributed by atoms with van der Waals surface area (Å²) in [5.41, 5.74) is 12.8. The molecule has 0 radical (unpaired) electrons. The number of carbonyl (C=O) groups is 2. The predicted molar refractivity (Wildman–Crippen MR) is 107 cm³/mol. The fourth-order valence-electron chi connectivity index (χ4n) is 2.46. The molecule has 1 unspecified atom stereocenters. The number of amides is 2. The normalized spacial score (nSPS) is 11.2. The van der Waals surface area contributed by atoms with Crippen LogP contribution in [-0.4, -0.2) is 29.8 Å². The highest BCUT2D eigenvalue weighted by Crippen LogP contribution is 2.16. The maximum Gasteiger partial charge on any atom is 0.237 e. The highest BCUT2D eigenvalue weighted by atomic mass is 35.5. The molecule has 0 fully saturated rings. The summed E-state index contributed by atoms with van der Waals surface area (Å²) in [6, 6.07) is 17.3. The summed E-state index contributed by atoms with van der Waals surface area (Å²) in [6.07, 6.45) is 0. The van der Waals surface area contributed by atoms with Gasteiger partial charge in [0.2, 0.25) is 11.8 Å². The monoisotopic (exact) mass is 391 g/mol. The fourth-order valence-corrected chi connectivity index (χ4v) is 2.46. The summed E-state index contributed by atoms with van der Waals surface area (Å²) >= 11 is 0. The minimum Gasteiger partial charge on any atom is -0.489 e. The number of benzene rings is 2. The molecule has 0 bridgehead atoms. The molecule has 27 heavy (non-hydrogen) atoms. The van der Waals surface area contributed by atoms with Gasteiger partial charge in [-0.05, 0) is 23.3 Å². The molecule has 2 aromatic carbocycles. The van der Waals surface area contributed by atoms with Gasteiger partial charge in [-0.15, -0.1) is 12.4 Å². The van der Waals surface area contributed by atoms with E-state index in [0.717, 1.165) is 16.9 Å². The molecule has 4 N–H and O–H groups in total. The van der Waals surface area contributed by atoms with E-state index in [9.17, 15) is 9.59 Å². The lowest BCUT2D eigenvalue weighted by atomic mass is 10.1. The number of hydrogen-bond acceptors (Lipinski definition) is 4. The Labute approximate surface area is 165 Å². The lowest BCUT2D eigenvalue weighted by molar-refractivity contribution is -0.138. The average molecular weight is 392 g/mol. The molecule has 0 aromatic heterocycles. The average Bonchev–Trinajstić information content (AvgIpc) is 2.66. The van der Waals surface area contributed by atoms with Crippen molar-refractivity contribution >= 4 is 24.2 Å². The zero-order chi connectivity index (χ0) is 18.9. The van der Waals surface area contributed by atoms with Crippen molar-refractivity contribution in [2.75, 3.05) is 13.1 Å². The van der Waals surface area contributed by atoms with Gasteiger partial charge in [-0.3, -0.25) is 9.59 Å². The molecule has 6 nitrogen and oxygen atoms in total. The minimum atomic E-state index is -0.551. The zero-order valence-corrected chi connectivity index (χ0v) is 16.2. The van der Waals surface area contributed by atoms with Crippen LogP contribution in [0.5, 0.6) is 5.75 Å². The van der Waals surface area contributed by atoms with E-state index in [-0.39, 0.29) is 37.3 Å². The Balaban J connectivity index is 0.00000364. The van der Waals surface area contributed by atoms with E-state index in [1.54, 1.807) is 6.92 Å². The molecule has 7 heteroatoms. The maximum absolute atomic E-state index is 12.4. The number of carbonyl (C=O) groups excluding carboxylic acids is 2. The number of ether oxygens (including phenoxy) is 1. The van der Waals surface area contributed by atoms with Crippen LogP contribution in [-0.2, 0) is 22.7 Å². The number of rotatable bonds is 9. The summed E-state index contributed by atoms with van der Waals surface area (Å²) in [4.78, 5) is 25.1. The molecule has 0 heterocycles. The molecule has 2 amide bonds.